The molecule has 0 amide bonds. The van der Waals surface area contributed by atoms with Gasteiger partial charge in [-0.1, -0.05) is 6.92 Å². The van der Waals surface area contributed by atoms with Gasteiger partial charge >= 0.3 is 5.97 Å². The number of hydrogen-bond acceptors (Lipinski definition) is 6. The van der Waals surface area contributed by atoms with Crippen LogP contribution in [0.2, 0.25) is 0 Å². The minimum atomic E-state index is -0.890. The first kappa shape index (κ1) is 17.1. The smallest absolute Gasteiger partial charge is 0.305 e. The molecule has 0 fully saturated rings. The van der Waals surface area contributed by atoms with Crippen LogP contribution in [0.25, 0.3) is 0 Å². The van der Waals surface area contributed by atoms with E-state index in [1.165, 1.54) is 28.4 Å². The van der Waals surface area contributed by atoms with E-state index in [2.05, 4.69) is 4.74 Å². The maximum absolute atomic E-state index is 11.3. The third-order valence-electron chi connectivity index (χ3n) is 3.31. The predicted octanol–water partition coefficient (Wildman–Crippen LogP) is 1.94. The molecule has 1 N–H and O–H groups in total. The van der Waals surface area contributed by atoms with Gasteiger partial charge in [0.05, 0.1) is 41.0 Å². The van der Waals surface area contributed by atoms with Crippen LogP contribution in [0.1, 0.15) is 25.0 Å². The number of methoxy groups -OCH3 is 4. The Labute approximate surface area is 124 Å². The summed E-state index contributed by atoms with van der Waals surface area (Å²) in [5.41, 5.74) is 0.534. The van der Waals surface area contributed by atoms with Crippen molar-refractivity contribution >= 4 is 5.97 Å². The van der Waals surface area contributed by atoms with Gasteiger partial charge in [0.2, 0.25) is 5.75 Å². The summed E-state index contributed by atoms with van der Waals surface area (Å²) in [6.45, 7) is 1.76. The lowest BCUT2D eigenvalue weighted by Gasteiger charge is -2.22. The first-order valence-corrected chi connectivity index (χ1v) is 6.53. The van der Waals surface area contributed by atoms with Gasteiger partial charge in [0.25, 0.3) is 0 Å². The molecule has 0 aliphatic rings. The van der Waals surface area contributed by atoms with Crippen LogP contribution in [0, 0.1) is 5.92 Å². The zero-order valence-corrected chi connectivity index (χ0v) is 13.0. The molecule has 6 heteroatoms. The quantitative estimate of drug-likeness (QED) is 0.776. The molecule has 0 saturated heterocycles. The van der Waals surface area contributed by atoms with Gasteiger partial charge in [-0.25, -0.2) is 0 Å². The van der Waals surface area contributed by atoms with Gasteiger partial charge in [-0.05, 0) is 18.1 Å². The molecule has 0 heterocycles. The molecule has 21 heavy (non-hydrogen) atoms. The van der Waals surface area contributed by atoms with Crippen LogP contribution >= 0.6 is 0 Å². The highest BCUT2D eigenvalue weighted by Gasteiger charge is 2.26. The summed E-state index contributed by atoms with van der Waals surface area (Å²) in [6, 6.07) is 3.38. The Hall–Kier alpha value is -1.95. The minimum Gasteiger partial charge on any atom is -0.493 e. The average molecular weight is 298 g/mol. The maximum Gasteiger partial charge on any atom is 0.305 e. The van der Waals surface area contributed by atoms with E-state index >= 15 is 0 Å². The molecule has 0 aromatic heterocycles. The lowest BCUT2D eigenvalue weighted by molar-refractivity contribution is -0.142. The SMILES string of the molecule is COC(=O)CC(C)C(O)c1ccc(OC)c(OC)c1OC. The molecule has 2 atom stereocenters. The first-order chi connectivity index (χ1) is 9.99. The number of benzene rings is 1. The van der Waals surface area contributed by atoms with E-state index in [0.717, 1.165) is 0 Å². The molecule has 0 radical (unpaired) electrons. The number of aliphatic hydroxyl groups excluding tert-OH is 1. The van der Waals surface area contributed by atoms with Gasteiger partial charge < -0.3 is 24.1 Å². The Morgan fingerprint density at radius 1 is 1.10 bits per heavy atom. The molecular weight excluding hydrogens is 276 g/mol. The van der Waals surface area contributed by atoms with Crippen molar-refractivity contribution in [2.24, 2.45) is 5.92 Å². The fourth-order valence-electron chi connectivity index (χ4n) is 2.12. The van der Waals surface area contributed by atoms with Crippen molar-refractivity contribution in [2.75, 3.05) is 28.4 Å². The van der Waals surface area contributed by atoms with E-state index in [4.69, 9.17) is 14.2 Å². The summed E-state index contributed by atoms with van der Waals surface area (Å²) >= 11 is 0. The van der Waals surface area contributed by atoms with Gasteiger partial charge in [0.1, 0.15) is 0 Å². The number of rotatable bonds is 7. The Bertz CT molecular complexity index is 485. The second kappa shape index (κ2) is 7.73. The first-order valence-electron chi connectivity index (χ1n) is 6.53. The standard InChI is InChI=1S/C15H22O6/c1-9(8-12(16)19-3)13(17)10-6-7-11(18-2)15(21-5)14(10)20-4/h6-7,9,13,17H,8H2,1-5H3. The minimum absolute atomic E-state index is 0.106. The van der Waals surface area contributed by atoms with Crippen molar-refractivity contribution in [3.8, 4) is 17.2 Å². The van der Waals surface area contributed by atoms with Crippen molar-refractivity contribution < 1.29 is 28.8 Å². The number of ether oxygens (including phenoxy) is 4. The highest BCUT2D eigenvalue weighted by molar-refractivity contribution is 5.69. The topological polar surface area (TPSA) is 74.2 Å². The van der Waals surface area contributed by atoms with Gasteiger partial charge in [-0.3, -0.25) is 4.79 Å². The number of carbonyl (C=O) groups is 1. The van der Waals surface area contributed by atoms with Crippen LogP contribution in [0.4, 0.5) is 0 Å². The van der Waals surface area contributed by atoms with Gasteiger partial charge in [-0.2, -0.15) is 0 Å². The Morgan fingerprint density at radius 3 is 2.19 bits per heavy atom. The highest BCUT2D eigenvalue weighted by atomic mass is 16.5. The van der Waals surface area contributed by atoms with Crippen LogP contribution in [0.3, 0.4) is 0 Å². The number of hydrogen-bond donors (Lipinski definition) is 1. The summed E-state index contributed by atoms with van der Waals surface area (Å²) < 4.78 is 20.4. The second-order valence-corrected chi connectivity index (χ2v) is 4.63. The van der Waals surface area contributed by atoms with Gasteiger partial charge in [-0.15, -0.1) is 0 Å². The van der Waals surface area contributed by atoms with Crippen LogP contribution in [0.15, 0.2) is 12.1 Å². The van der Waals surface area contributed by atoms with Gasteiger partial charge in [0.15, 0.2) is 11.5 Å². The fraction of sp³-hybridized carbons (Fsp3) is 0.533. The maximum atomic E-state index is 11.3. The monoisotopic (exact) mass is 298 g/mol. The molecule has 0 bridgehead atoms. The average Bonchev–Trinajstić information content (AvgIpc) is 2.51. The summed E-state index contributed by atoms with van der Waals surface area (Å²) in [7, 11) is 5.82. The molecule has 0 saturated carbocycles. The number of aliphatic hydroxyl groups is 1. The molecule has 6 nitrogen and oxygen atoms in total. The molecule has 0 spiro atoms. The molecule has 1 aromatic carbocycles. The molecule has 1 aromatic rings. The summed E-state index contributed by atoms with van der Waals surface area (Å²) in [5.74, 6) is 0.597. The van der Waals surface area contributed by atoms with E-state index in [-0.39, 0.29) is 18.3 Å². The molecule has 2 unspecified atom stereocenters. The predicted molar refractivity (Wildman–Crippen MR) is 76.9 cm³/mol. The lowest BCUT2D eigenvalue weighted by atomic mass is 9.93. The molecule has 0 aliphatic heterocycles. The second-order valence-electron chi connectivity index (χ2n) is 4.63. The van der Waals surface area contributed by atoms with Crippen molar-refractivity contribution in [1.29, 1.82) is 0 Å². The van der Waals surface area contributed by atoms with Crippen LogP contribution < -0.4 is 14.2 Å². The van der Waals surface area contributed by atoms with Crippen molar-refractivity contribution in [3.63, 3.8) is 0 Å². The van der Waals surface area contributed by atoms with Crippen LogP contribution in [-0.2, 0) is 9.53 Å². The third-order valence-corrected chi connectivity index (χ3v) is 3.31. The van der Waals surface area contributed by atoms with E-state index < -0.39 is 6.10 Å². The van der Waals surface area contributed by atoms with Crippen LogP contribution in [0.5, 0.6) is 17.2 Å². The van der Waals surface area contributed by atoms with E-state index in [0.29, 0.717) is 22.8 Å². The summed E-state index contributed by atoms with van der Waals surface area (Å²) in [4.78, 5) is 11.3. The Balaban J connectivity index is 3.14. The Kier molecular flexibility index (Phi) is 6.30. The zero-order chi connectivity index (χ0) is 16.0. The number of esters is 1. The van der Waals surface area contributed by atoms with Gasteiger partial charge in [0, 0.05) is 5.56 Å². The zero-order valence-electron chi connectivity index (χ0n) is 13.0. The molecule has 0 aliphatic carbocycles. The van der Waals surface area contributed by atoms with Crippen molar-refractivity contribution in [2.45, 2.75) is 19.4 Å². The molecular formula is C15H22O6. The summed E-state index contributed by atoms with van der Waals surface area (Å²) in [5, 5.41) is 10.4. The van der Waals surface area contributed by atoms with Crippen molar-refractivity contribution in [1.82, 2.24) is 0 Å². The van der Waals surface area contributed by atoms with Crippen molar-refractivity contribution in [3.05, 3.63) is 17.7 Å². The third kappa shape index (κ3) is 3.78. The van der Waals surface area contributed by atoms with Crippen LogP contribution in [-0.4, -0.2) is 39.5 Å². The highest BCUT2D eigenvalue weighted by Crippen LogP contribution is 2.43. The summed E-state index contributed by atoms with van der Waals surface area (Å²) in [6.07, 6.45) is -0.784. The van der Waals surface area contributed by atoms with E-state index in [1.54, 1.807) is 19.1 Å². The van der Waals surface area contributed by atoms with E-state index in [1.807, 2.05) is 0 Å². The molecule has 118 valence electrons. The largest absolute Gasteiger partial charge is 0.493 e. The number of carbonyl (C=O) groups excluding carboxylic acids is 1. The normalized spacial score (nSPS) is 13.2. The lowest BCUT2D eigenvalue weighted by Crippen LogP contribution is -2.16. The Morgan fingerprint density at radius 2 is 1.71 bits per heavy atom. The van der Waals surface area contributed by atoms with E-state index in [9.17, 15) is 9.90 Å². The fourth-order valence-corrected chi connectivity index (χ4v) is 2.12. The molecule has 1 rings (SSSR count).